The van der Waals surface area contributed by atoms with Crippen molar-refractivity contribution in [1.82, 2.24) is 10.2 Å². The topological polar surface area (TPSA) is 50.8 Å². The van der Waals surface area contributed by atoms with Crippen LogP contribution < -0.4 is 10.1 Å². The predicted octanol–water partition coefficient (Wildman–Crippen LogP) is 2.45. The number of amides is 1. The van der Waals surface area contributed by atoms with Crippen LogP contribution in [0.15, 0.2) is 24.3 Å². The summed E-state index contributed by atoms with van der Waals surface area (Å²) in [4.78, 5) is 14.0. The Kier molecular flexibility index (Phi) is 6.52. The van der Waals surface area contributed by atoms with Crippen LogP contribution in [0.5, 0.6) is 5.75 Å². The summed E-state index contributed by atoms with van der Waals surface area (Å²) in [5.41, 5.74) is 1.10. The van der Waals surface area contributed by atoms with Gasteiger partial charge in [-0.15, -0.1) is 0 Å². The molecule has 122 valence electrons. The van der Waals surface area contributed by atoms with Crippen molar-refractivity contribution in [2.75, 3.05) is 33.9 Å². The molecular formula is C17H26N2O3. The first-order valence-corrected chi connectivity index (χ1v) is 7.93. The van der Waals surface area contributed by atoms with Gasteiger partial charge in [-0.3, -0.25) is 0 Å². The van der Waals surface area contributed by atoms with Gasteiger partial charge in [-0.05, 0) is 50.6 Å². The lowest BCUT2D eigenvalue weighted by atomic mass is 10.1. The van der Waals surface area contributed by atoms with Crippen molar-refractivity contribution < 1.29 is 14.3 Å². The molecule has 1 aliphatic rings. The number of carbonyl (C=O) groups is 1. The van der Waals surface area contributed by atoms with Crippen LogP contribution in [0.1, 0.15) is 24.8 Å². The lowest BCUT2D eigenvalue weighted by Gasteiger charge is -2.19. The molecule has 0 saturated carbocycles. The molecule has 22 heavy (non-hydrogen) atoms. The minimum atomic E-state index is -0.330. The Balaban J connectivity index is 1.59. The summed E-state index contributed by atoms with van der Waals surface area (Å²) in [6, 6.07) is 8.39. The third-order valence-corrected chi connectivity index (χ3v) is 4.18. The van der Waals surface area contributed by atoms with Crippen LogP contribution in [0, 0.1) is 0 Å². The molecule has 0 spiro atoms. The second-order valence-corrected chi connectivity index (χ2v) is 5.73. The molecule has 0 aromatic heterocycles. The van der Waals surface area contributed by atoms with Gasteiger partial charge in [0.15, 0.2) is 0 Å². The van der Waals surface area contributed by atoms with Gasteiger partial charge in [-0.1, -0.05) is 12.1 Å². The number of ether oxygens (including phenoxy) is 2. The summed E-state index contributed by atoms with van der Waals surface area (Å²) in [5.74, 6) is 0.822. The Morgan fingerprint density at radius 2 is 2.32 bits per heavy atom. The fourth-order valence-corrected chi connectivity index (χ4v) is 2.83. The maximum absolute atomic E-state index is 11.6. The second kappa shape index (κ2) is 8.63. The maximum atomic E-state index is 11.6. The van der Waals surface area contributed by atoms with Crippen molar-refractivity contribution in [3.63, 3.8) is 0 Å². The van der Waals surface area contributed by atoms with Crippen molar-refractivity contribution in [2.24, 2.45) is 0 Å². The van der Waals surface area contributed by atoms with Gasteiger partial charge in [0.1, 0.15) is 5.75 Å². The highest BCUT2D eigenvalue weighted by molar-refractivity contribution is 5.67. The zero-order valence-corrected chi connectivity index (χ0v) is 13.5. The van der Waals surface area contributed by atoms with Gasteiger partial charge in [-0.25, -0.2) is 4.79 Å². The van der Waals surface area contributed by atoms with Gasteiger partial charge in [0.05, 0.1) is 13.7 Å². The molecule has 1 aromatic rings. The van der Waals surface area contributed by atoms with Gasteiger partial charge < -0.3 is 19.7 Å². The fraction of sp³-hybridized carbons (Fsp3) is 0.588. The van der Waals surface area contributed by atoms with Crippen LogP contribution in [0.25, 0.3) is 0 Å². The van der Waals surface area contributed by atoms with E-state index in [0.29, 0.717) is 25.6 Å². The minimum Gasteiger partial charge on any atom is -0.497 e. The van der Waals surface area contributed by atoms with Gasteiger partial charge >= 0.3 is 6.09 Å². The number of hydrogen-bond donors (Lipinski definition) is 1. The summed E-state index contributed by atoms with van der Waals surface area (Å²) in [5, 5.41) is 2.83. The molecule has 1 aromatic carbocycles. The molecule has 0 aliphatic carbocycles. The van der Waals surface area contributed by atoms with Gasteiger partial charge in [0.2, 0.25) is 0 Å². The van der Waals surface area contributed by atoms with Crippen molar-refractivity contribution >= 4 is 6.09 Å². The Bertz CT molecular complexity index is 479. The smallest absolute Gasteiger partial charge is 0.407 e. The van der Waals surface area contributed by atoms with E-state index >= 15 is 0 Å². The highest BCUT2D eigenvalue weighted by Gasteiger charge is 2.20. The lowest BCUT2D eigenvalue weighted by Crippen LogP contribution is -2.32. The second-order valence-electron chi connectivity index (χ2n) is 5.73. The van der Waals surface area contributed by atoms with Gasteiger partial charge in [0.25, 0.3) is 0 Å². The molecular weight excluding hydrogens is 280 g/mol. The van der Waals surface area contributed by atoms with E-state index in [0.717, 1.165) is 24.3 Å². The predicted molar refractivity (Wildman–Crippen MR) is 86.3 cm³/mol. The van der Waals surface area contributed by atoms with Crippen LogP contribution in [0.4, 0.5) is 4.79 Å². The molecule has 0 radical (unpaired) electrons. The molecule has 2 rings (SSSR count). The van der Waals surface area contributed by atoms with Gasteiger partial charge in [-0.2, -0.15) is 0 Å². The van der Waals surface area contributed by atoms with E-state index in [1.807, 2.05) is 24.3 Å². The van der Waals surface area contributed by atoms with E-state index in [2.05, 4.69) is 17.3 Å². The molecule has 1 fully saturated rings. The summed E-state index contributed by atoms with van der Waals surface area (Å²) < 4.78 is 10.4. The first kappa shape index (κ1) is 16.6. The van der Waals surface area contributed by atoms with Crippen LogP contribution in [0.3, 0.4) is 0 Å². The average molecular weight is 306 g/mol. The van der Waals surface area contributed by atoms with Crippen LogP contribution in [-0.4, -0.2) is 50.9 Å². The average Bonchev–Trinajstić information content (AvgIpc) is 2.93. The fourth-order valence-electron chi connectivity index (χ4n) is 2.83. The molecule has 0 bridgehead atoms. The summed E-state index contributed by atoms with van der Waals surface area (Å²) in [7, 11) is 3.79. The van der Waals surface area contributed by atoms with E-state index < -0.39 is 0 Å². The van der Waals surface area contributed by atoms with Crippen LogP contribution in [-0.2, 0) is 11.2 Å². The van der Waals surface area contributed by atoms with Crippen molar-refractivity contribution in [2.45, 2.75) is 31.7 Å². The monoisotopic (exact) mass is 306 g/mol. The Hall–Kier alpha value is -1.75. The van der Waals surface area contributed by atoms with Crippen molar-refractivity contribution in [3.05, 3.63) is 29.8 Å². The normalized spacial score (nSPS) is 18.2. The highest BCUT2D eigenvalue weighted by Crippen LogP contribution is 2.17. The number of methoxy groups -OCH3 is 1. The number of benzene rings is 1. The minimum absolute atomic E-state index is 0.330. The molecule has 1 aliphatic heterocycles. The van der Waals surface area contributed by atoms with E-state index in [-0.39, 0.29) is 6.09 Å². The molecule has 1 unspecified atom stereocenters. The number of nitrogens with zero attached hydrogens (tertiary/aromatic N) is 1. The number of alkyl carbamates (subject to hydrolysis) is 1. The van der Waals surface area contributed by atoms with E-state index in [1.54, 1.807) is 7.11 Å². The Labute approximate surface area is 132 Å². The third kappa shape index (κ3) is 5.22. The summed E-state index contributed by atoms with van der Waals surface area (Å²) in [6.45, 7) is 2.21. The Morgan fingerprint density at radius 1 is 1.45 bits per heavy atom. The maximum Gasteiger partial charge on any atom is 0.407 e. The number of likely N-dealkylation sites (tertiary alicyclic amines) is 1. The molecule has 5 nitrogen and oxygen atoms in total. The first-order chi connectivity index (χ1) is 10.7. The number of hydrogen-bond acceptors (Lipinski definition) is 4. The summed E-state index contributed by atoms with van der Waals surface area (Å²) in [6.07, 6.45) is 3.83. The van der Waals surface area contributed by atoms with E-state index in [1.165, 1.54) is 12.8 Å². The van der Waals surface area contributed by atoms with Crippen LogP contribution in [0.2, 0.25) is 0 Å². The zero-order valence-electron chi connectivity index (χ0n) is 13.5. The SMILES string of the molecule is COc1cccc(CCOC(=O)NCCC2CCCN2C)c1. The Morgan fingerprint density at radius 3 is 3.05 bits per heavy atom. The molecule has 1 atom stereocenters. The molecule has 1 saturated heterocycles. The van der Waals surface area contributed by atoms with E-state index in [9.17, 15) is 4.79 Å². The quantitative estimate of drug-likeness (QED) is 0.840. The van der Waals surface area contributed by atoms with E-state index in [4.69, 9.17) is 9.47 Å². The number of nitrogens with one attached hydrogen (secondary N) is 1. The van der Waals surface area contributed by atoms with Crippen LogP contribution >= 0.6 is 0 Å². The number of carbonyl (C=O) groups excluding carboxylic acids is 1. The highest BCUT2D eigenvalue weighted by atomic mass is 16.5. The zero-order chi connectivity index (χ0) is 15.8. The standard InChI is InChI=1S/C17H26N2O3/c1-19-11-4-6-15(19)8-10-18-17(20)22-12-9-14-5-3-7-16(13-14)21-2/h3,5,7,13,15H,4,6,8-12H2,1-2H3,(H,18,20). The van der Waals surface area contributed by atoms with Gasteiger partial charge in [0, 0.05) is 19.0 Å². The summed E-state index contributed by atoms with van der Waals surface area (Å²) >= 11 is 0. The molecule has 1 heterocycles. The molecule has 1 amide bonds. The largest absolute Gasteiger partial charge is 0.497 e. The third-order valence-electron chi connectivity index (χ3n) is 4.18. The molecule has 1 N–H and O–H groups in total. The molecule has 5 heteroatoms. The lowest BCUT2D eigenvalue weighted by molar-refractivity contribution is 0.146. The van der Waals surface area contributed by atoms with Crippen molar-refractivity contribution in [3.8, 4) is 5.75 Å². The number of rotatable bonds is 7. The van der Waals surface area contributed by atoms with Crippen molar-refractivity contribution in [1.29, 1.82) is 0 Å². The first-order valence-electron chi connectivity index (χ1n) is 7.93.